The SMILES string of the molecule is C1=CC(CCOc2cccc3c2-c2cc4[nH]c(cc5nc(cc6[nH]c(cc-3n2)c2c(OCCC3C=CC=C3)cccc62)-c2c(OCCC3C=CC=C3)cccc2-5)c2c(OCCC3C=CC=C3)cccc42)C=C1. The van der Waals surface area contributed by atoms with Gasteiger partial charge in [-0.1, -0.05) is 146 Å². The van der Waals surface area contributed by atoms with Crippen LogP contribution >= 0.6 is 0 Å². The van der Waals surface area contributed by atoms with Gasteiger partial charge in [0.25, 0.3) is 0 Å². The fourth-order valence-corrected chi connectivity index (χ4v) is 10.9. The molecule has 8 heteroatoms. The van der Waals surface area contributed by atoms with Gasteiger partial charge >= 0.3 is 0 Å². The molecule has 0 radical (unpaired) electrons. The average molecular weight is 943 g/mol. The third-order valence-corrected chi connectivity index (χ3v) is 14.6. The monoisotopic (exact) mass is 942 g/mol. The summed E-state index contributed by atoms with van der Waals surface area (Å²) in [6.07, 6.45) is 38.2. The Hall–Kier alpha value is -8.36. The standard InChI is InChI=1S/C64H54N4O4/c1-2-14-41(13-1)29-33-69-57-25-9-21-45-49-38-54-63-47(23-11-27-59(63)71-35-31-43-17-5-6-18-43)51(67-54)40-56-64-48(24-12-28-60(64)72-36-32-44-19-7-8-20-44)52(68-56)39-55-62-46(50(66-55)37-53(65-49)61(45)57)22-10-26-58(62)70-34-30-42-15-3-4-16-42/h1-28,37-44,65,68H,29-36H2. The van der Waals surface area contributed by atoms with Crippen LogP contribution in [0.4, 0.5) is 0 Å². The summed E-state index contributed by atoms with van der Waals surface area (Å²) < 4.78 is 26.9. The molecule has 2 aliphatic heterocycles. The summed E-state index contributed by atoms with van der Waals surface area (Å²) in [5.74, 6) is 4.67. The number of hydrogen-bond donors (Lipinski definition) is 2. The Morgan fingerprint density at radius 2 is 0.667 bits per heavy atom. The lowest BCUT2D eigenvalue weighted by Crippen LogP contribution is -2.03. The second-order valence-corrected chi connectivity index (χ2v) is 19.2. The van der Waals surface area contributed by atoms with Crippen LogP contribution in [0.3, 0.4) is 0 Å². The van der Waals surface area contributed by atoms with Crippen LogP contribution in [0.1, 0.15) is 25.7 Å². The first-order valence-corrected chi connectivity index (χ1v) is 25.5. The normalized spacial score (nSPS) is 15.6. The molecule has 4 aliphatic carbocycles. The van der Waals surface area contributed by atoms with Crippen LogP contribution in [0.25, 0.3) is 88.6 Å². The molecule has 0 saturated heterocycles. The molecular formula is C64H54N4O4. The van der Waals surface area contributed by atoms with Gasteiger partial charge in [-0.3, -0.25) is 0 Å². The Labute approximate surface area is 418 Å². The fourth-order valence-electron chi connectivity index (χ4n) is 10.9. The van der Waals surface area contributed by atoms with Gasteiger partial charge in [0, 0.05) is 43.7 Å². The van der Waals surface area contributed by atoms with Crippen LogP contribution in [0.2, 0.25) is 0 Å². The molecule has 4 aromatic carbocycles. The molecule has 0 fully saturated rings. The number of ether oxygens (including phenoxy) is 4. The molecule has 8 nitrogen and oxygen atoms in total. The van der Waals surface area contributed by atoms with Crippen molar-refractivity contribution in [1.82, 2.24) is 19.9 Å². The van der Waals surface area contributed by atoms with Crippen molar-refractivity contribution in [3.63, 3.8) is 0 Å². The van der Waals surface area contributed by atoms with Crippen LogP contribution in [0.15, 0.2) is 194 Å². The number of allylic oxidation sites excluding steroid dienone is 16. The highest BCUT2D eigenvalue weighted by molar-refractivity contribution is 6.13. The molecule has 5 heterocycles. The largest absolute Gasteiger partial charge is 0.493 e. The third kappa shape index (κ3) is 8.46. The van der Waals surface area contributed by atoms with Gasteiger partial charge in [-0.2, -0.15) is 0 Å². The molecule has 0 unspecified atom stereocenters. The smallest absolute Gasteiger partial charge is 0.129 e. The van der Waals surface area contributed by atoms with Gasteiger partial charge in [0.05, 0.1) is 71.4 Å². The van der Waals surface area contributed by atoms with Gasteiger partial charge in [-0.15, -0.1) is 0 Å². The Morgan fingerprint density at radius 3 is 1.04 bits per heavy atom. The average Bonchev–Trinajstić information content (AvgIpc) is 4.26. The minimum atomic E-state index is 0.359. The van der Waals surface area contributed by atoms with E-state index in [-0.39, 0.29) is 0 Å². The van der Waals surface area contributed by atoms with Crippen LogP contribution in [-0.4, -0.2) is 46.4 Å². The lowest BCUT2D eigenvalue weighted by atomic mass is 10.0. The van der Waals surface area contributed by atoms with Crippen molar-refractivity contribution in [1.29, 1.82) is 0 Å². The van der Waals surface area contributed by atoms with Crippen LogP contribution in [-0.2, 0) is 0 Å². The maximum Gasteiger partial charge on any atom is 0.129 e. The van der Waals surface area contributed by atoms with E-state index in [0.29, 0.717) is 50.1 Å². The van der Waals surface area contributed by atoms with E-state index in [9.17, 15) is 0 Å². The predicted octanol–water partition coefficient (Wildman–Crippen LogP) is 15.3. The van der Waals surface area contributed by atoms with Gasteiger partial charge in [-0.25, -0.2) is 9.97 Å². The summed E-state index contributed by atoms with van der Waals surface area (Å²) in [6, 6.07) is 34.0. The highest BCUT2D eigenvalue weighted by Gasteiger charge is 2.26. The first-order valence-electron chi connectivity index (χ1n) is 25.5. The zero-order chi connectivity index (χ0) is 47.8. The third-order valence-electron chi connectivity index (χ3n) is 14.6. The maximum absolute atomic E-state index is 6.73. The molecule has 13 rings (SSSR count). The number of nitrogens with one attached hydrogen (secondary N) is 2. The summed E-state index contributed by atoms with van der Waals surface area (Å²) >= 11 is 0. The number of nitrogens with zero attached hydrogens (tertiary/aromatic N) is 2. The highest BCUT2D eigenvalue weighted by atomic mass is 16.5. The second-order valence-electron chi connectivity index (χ2n) is 19.2. The summed E-state index contributed by atoms with van der Waals surface area (Å²) in [7, 11) is 0. The van der Waals surface area contributed by atoms with E-state index >= 15 is 0 Å². The predicted molar refractivity (Wildman–Crippen MR) is 292 cm³/mol. The van der Waals surface area contributed by atoms with Crippen molar-refractivity contribution < 1.29 is 18.9 Å². The zero-order valence-corrected chi connectivity index (χ0v) is 40.0. The Morgan fingerprint density at radius 1 is 0.347 bits per heavy atom. The van der Waals surface area contributed by atoms with E-state index in [1.807, 2.05) is 0 Å². The molecule has 0 saturated carbocycles. The molecule has 0 amide bonds. The van der Waals surface area contributed by atoms with Gasteiger partial charge in [0.1, 0.15) is 23.0 Å². The first-order chi connectivity index (χ1) is 35.7. The molecule has 3 aromatic heterocycles. The van der Waals surface area contributed by atoms with Gasteiger partial charge < -0.3 is 28.9 Å². The second kappa shape index (κ2) is 19.1. The van der Waals surface area contributed by atoms with Crippen molar-refractivity contribution in [3.05, 3.63) is 194 Å². The van der Waals surface area contributed by atoms with Crippen molar-refractivity contribution in [2.24, 2.45) is 23.7 Å². The van der Waals surface area contributed by atoms with Gasteiger partial charge in [0.2, 0.25) is 0 Å². The molecule has 2 N–H and O–H groups in total. The number of aromatic amines is 2. The van der Waals surface area contributed by atoms with Crippen molar-refractivity contribution in [2.75, 3.05) is 26.4 Å². The number of rotatable bonds is 16. The Balaban J connectivity index is 1.04. The van der Waals surface area contributed by atoms with Crippen LogP contribution in [0.5, 0.6) is 23.0 Å². The minimum absolute atomic E-state index is 0.359. The summed E-state index contributed by atoms with van der Waals surface area (Å²) in [6.45, 7) is 2.28. The van der Waals surface area contributed by atoms with E-state index in [0.717, 1.165) is 137 Å². The van der Waals surface area contributed by atoms with Crippen molar-refractivity contribution in [3.8, 4) is 68.0 Å². The molecular weight excluding hydrogens is 889 g/mol. The first kappa shape index (κ1) is 43.6. The van der Waals surface area contributed by atoms with Gasteiger partial charge in [-0.05, 0) is 97.9 Å². The van der Waals surface area contributed by atoms with Crippen LogP contribution < -0.4 is 18.9 Å². The molecule has 7 aromatic rings. The van der Waals surface area contributed by atoms with E-state index in [2.05, 4.69) is 204 Å². The maximum atomic E-state index is 6.73. The topological polar surface area (TPSA) is 94.3 Å². The quantitative estimate of drug-likeness (QED) is 0.100. The van der Waals surface area contributed by atoms with E-state index in [4.69, 9.17) is 28.9 Å². The number of benzene rings is 4. The van der Waals surface area contributed by atoms with Crippen molar-refractivity contribution in [2.45, 2.75) is 25.7 Å². The molecule has 0 atom stereocenters. The van der Waals surface area contributed by atoms with E-state index < -0.39 is 0 Å². The summed E-state index contributed by atoms with van der Waals surface area (Å²) in [5, 5.41) is 4.02. The number of hydrogen-bond acceptors (Lipinski definition) is 6. The molecule has 6 aliphatic rings. The van der Waals surface area contributed by atoms with E-state index in [1.165, 1.54) is 0 Å². The van der Waals surface area contributed by atoms with Crippen LogP contribution in [0, 0.1) is 23.7 Å². The molecule has 0 spiro atoms. The van der Waals surface area contributed by atoms with Gasteiger partial charge in [0.15, 0.2) is 0 Å². The Bertz CT molecular complexity index is 3420. The number of aromatic nitrogens is 4. The molecule has 354 valence electrons. The highest BCUT2D eigenvalue weighted by Crippen LogP contribution is 2.47. The molecule has 8 bridgehead atoms. The fraction of sp³-hybridized carbons (Fsp3) is 0.188. The number of H-pyrrole nitrogens is 2. The number of fused-ring (bicyclic) bond motifs is 20. The zero-order valence-electron chi connectivity index (χ0n) is 40.0. The summed E-state index contributed by atoms with van der Waals surface area (Å²) in [5.41, 5.74) is 10.8. The lowest BCUT2D eigenvalue weighted by molar-refractivity contribution is 0.303. The molecule has 72 heavy (non-hydrogen) atoms. The lowest BCUT2D eigenvalue weighted by Gasteiger charge is -2.12. The van der Waals surface area contributed by atoms with E-state index in [1.54, 1.807) is 0 Å². The minimum Gasteiger partial charge on any atom is -0.493 e. The van der Waals surface area contributed by atoms with Crippen molar-refractivity contribution >= 4 is 43.6 Å². The summed E-state index contributed by atoms with van der Waals surface area (Å²) in [4.78, 5) is 18.8. The Kier molecular flexibility index (Phi) is 11.6.